The number of carbonyl (C=O) groups excluding carboxylic acids is 16. The molecular weight excluding hydrogens is 1770 g/mol. The van der Waals surface area contributed by atoms with Crippen LogP contribution in [0.2, 0.25) is 0 Å². The van der Waals surface area contributed by atoms with Gasteiger partial charge < -0.3 is 85.6 Å². The Bertz CT molecular complexity index is 4810. The zero-order chi connectivity index (χ0) is 99.7. The predicted molar refractivity (Wildman–Crippen MR) is 487 cm³/mol. The van der Waals surface area contributed by atoms with Crippen molar-refractivity contribution in [2.45, 2.75) is 205 Å². The molecule has 0 aliphatic heterocycles. The summed E-state index contributed by atoms with van der Waals surface area (Å²) in [5, 5.41) is 63.2. The van der Waals surface area contributed by atoms with Gasteiger partial charge in [-0.05, 0) is 122 Å². The lowest BCUT2D eigenvalue weighted by molar-refractivity contribution is -0.147. The third-order valence-electron chi connectivity index (χ3n) is 21.5. The second kappa shape index (κ2) is 63.5. The van der Waals surface area contributed by atoms with Crippen molar-refractivity contribution in [3.8, 4) is 11.5 Å². The van der Waals surface area contributed by atoms with Crippen LogP contribution in [-0.4, -0.2) is 222 Å². The number of rotatable bonds is 66. The number of carbonyl (C=O) groups is 18. The number of methoxy groups -OCH3 is 2. The van der Waals surface area contributed by atoms with E-state index in [1.807, 2.05) is 12.1 Å². The average Bonchev–Trinajstić information content (AvgIpc) is 0.845. The maximum atomic E-state index is 14.7. The van der Waals surface area contributed by atoms with E-state index in [4.69, 9.17) is 39.5 Å². The zero-order valence-electron chi connectivity index (χ0n) is 76.7. The number of carboxylic acids is 2. The fourth-order valence-electron chi connectivity index (χ4n) is 14.2. The second-order valence-corrected chi connectivity index (χ2v) is 32.4. The number of ketones is 6. The van der Waals surface area contributed by atoms with Crippen molar-refractivity contribution >= 4 is 106 Å². The number of aliphatic carboxylic acids is 2. The highest BCUT2D eigenvalue weighted by Crippen LogP contribution is 2.26. The molecule has 7 amide bonds. The molecule has 10 atom stereocenters. The van der Waals surface area contributed by atoms with E-state index in [1.54, 1.807) is 109 Å². The minimum absolute atomic E-state index is 0.00905. The van der Waals surface area contributed by atoms with E-state index >= 15 is 0 Å². The van der Waals surface area contributed by atoms with Crippen LogP contribution in [0.4, 0.5) is 0 Å². The summed E-state index contributed by atoms with van der Waals surface area (Å²) in [5.41, 5.74) is 5.16. The molecule has 0 saturated heterocycles. The minimum atomic E-state index is -1.47. The van der Waals surface area contributed by atoms with Crippen molar-refractivity contribution in [1.29, 1.82) is 0 Å². The van der Waals surface area contributed by atoms with Gasteiger partial charge in [-0.1, -0.05) is 146 Å². The molecule has 0 spiro atoms. The van der Waals surface area contributed by atoms with Crippen molar-refractivity contribution in [1.82, 2.24) is 37.4 Å². The predicted octanol–water partition coefficient (Wildman–Crippen LogP) is 6.11. The van der Waals surface area contributed by atoms with Crippen LogP contribution in [0.3, 0.4) is 0 Å². The monoisotopic (exact) mass is 1890 g/mol. The lowest BCUT2D eigenvalue weighted by atomic mass is 9.88. The third-order valence-corrected chi connectivity index (χ3v) is 21.5. The maximum absolute atomic E-state index is 14.7. The number of esters is 2. The highest BCUT2D eigenvalue weighted by atomic mass is 16.7. The molecule has 6 aromatic carbocycles. The van der Waals surface area contributed by atoms with E-state index in [-0.39, 0.29) is 141 Å². The van der Waals surface area contributed by atoms with E-state index in [1.165, 1.54) is 68.2 Å². The normalized spacial score (nSPS) is 13.1. The summed E-state index contributed by atoms with van der Waals surface area (Å²) >= 11 is 0. The van der Waals surface area contributed by atoms with Gasteiger partial charge in [0, 0.05) is 129 Å². The molecule has 0 aromatic heterocycles. The number of nitrogens with two attached hydrogens (primary N) is 1. The van der Waals surface area contributed by atoms with Gasteiger partial charge in [0.15, 0.2) is 34.7 Å². The first-order valence-corrected chi connectivity index (χ1v) is 44.5. The molecule has 0 aliphatic rings. The number of hydroxylamine groups is 1. The number of amides is 7. The Kier molecular flexibility index (Phi) is 52.7. The first-order chi connectivity index (χ1) is 65.1. The Labute approximate surface area is 787 Å². The smallest absolute Gasteiger partial charge is 0.324 e. The third kappa shape index (κ3) is 46.3. The molecule has 6 aromatic rings. The number of carboxylic acid groups (broad SMARTS) is 2. The number of hydrogen-bond acceptors (Lipinski definition) is 29. The Morgan fingerprint density at radius 1 is 0.316 bits per heavy atom. The van der Waals surface area contributed by atoms with Gasteiger partial charge in [0.2, 0.25) is 41.4 Å². The summed E-state index contributed by atoms with van der Waals surface area (Å²) in [6.45, 7) is 3.85. The molecule has 0 bridgehead atoms. The van der Waals surface area contributed by atoms with Crippen LogP contribution < -0.4 is 43.3 Å². The second-order valence-electron chi connectivity index (χ2n) is 32.4. The molecule has 0 aliphatic carbocycles. The van der Waals surface area contributed by atoms with Gasteiger partial charge in [-0.25, -0.2) is 5.48 Å². The van der Waals surface area contributed by atoms with Crippen LogP contribution in [0.5, 0.6) is 11.5 Å². The standard InChI is InChI=1S/C56H67N3O15.C42H57N5O15/c1-38(60)57-48(35-52(65)66)51(64)34-44(31-40-20-23-45(61)24-21-40)56(70)59-47(32-39-13-6-3-7-14-39)50(63)33-43(22-26-53(67)73-36-41-15-8-4-9-16-41)55(69)58-46(49(62)19-12-28-72-30-29-71-2)25-27-54(68)74-37-42-17-10-5-11-18-42;1-26(48)44-34(25-39(54)55)37(52)24-30(21-28-10-13-31(49)14-11-28)42(58)46-33(22-27-7-4-3-5-8-27)36(51)23-29(12-17-40(56)62-43)41(57)45-32(15-16-38(53)47-59)35(50)9-6-18-61-20-19-60-2/h3-11,13-18,20-21,23-24,43-44,46-48,61H,12,19,22,25-37H2,1-2H3,(H,57,60)(H,58,69)(H,59,70)(H,65,66);3-5,7-8,10-11,13-14,29-30,32-34,49,59H,6,9,12,15-25,43H2,1-2H3,(H,44,48)(H,45,57)(H,46,58)(H,47,53)(H,54,55)/t43-,44-,46-,47-,48+;29-,30-,32-,33-,34+/m11/s1. The molecule has 0 fully saturated rings. The summed E-state index contributed by atoms with van der Waals surface area (Å²) in [5.74, 6) is -14.2. The van der Waals surface area contributed by atoms with E-state index in [0.717, 1.165) is 25.0 Å². The molecule has 6 rings (SSSR count). The quantitative estimate of drug-likeness (QED) is 0.00886. The van der Waals surface area contributed by atoms with Crippen molar-refractivity contribution in [2.75, 3.05) is 53.9 Å². The number of phenols is 2. The van der Waals surface area contributed by atoms with E-state index < -0.39 is 211 Å². The fraction of sp³-hybridized carbons (Fsp3) is 0.449. The van der Waals surface area contributed by atoms with Gasteiger partial charge in [0.25, 0.3) is 0 Å². The van der Waals surface area contributed by atoms with Crippen molar-refractivity contribution in [2.24, 2.45) is 29.6 Å². The van der Waals surface area contributed by atoms with Crippen LogP contribution in [-0.2, 0) is 158 Å². The molecule has 0 heterocycles. The van der Waals surface area contributed by atoms with E-state index in [9.17, 15) is 107 Å². The Balaban J connectivity index is 0.000000488. The molecule has 0 radical (unpaired) electrons. The van der Waals surface area contributed by atoms with Crippen molar-refractivity contribution < 1.29 is 145 Å². The minimum Gasteiger partial charge on any atom is -0.508 e. The van der Waals surface area contributed by atoms with Crippen LogP contribution in [0.1, 0.15) is 163 Å². The Hall–Kier alpha value is -13.7. The van der Waals surface area contributed by atoms with Gasteiger partial charge in [-0.3, -0.25) is 91.5 Å². The number of aromatic hydroxyl groups is 2. The lowest BCUT2D eigenvalue weighted by Crippen LogP contribution is -2.49. The molecule has 136 heavy (non-hydrogen) atoms. The van der Waals surface area contributed by atoms with Crippen molar-refractivity contribution in [3.63, 3.8) is 0 Å². The number of nitrogens with one attached hydrogen (secondary N) is 7. The van der Waals surface area contributed by atoms with E-state index in [0.29, 0.717) is 42.1 Å². The molecule has 38 nitrogen and oxygen atoms in total. The molecule has 14 N–H and O–H groups in total. The van der Waals surface area contributed by atoms with E-state index in [2.05, 4.69) is 36.7 Å². The van der Waals surface area contributed by atoms with Gasteiger partial charge in [-0.15, -0.1) is 0 Å². The topological polar surface area (TPSA) is 583 Å². The highest BCUT2D eigenvalue weighted by molar-refractivity contribution is 6.00. The number of benzene rings is 6. The zero-order valence-corrected chi connectivity index (χ0v) is 76.7. The average molecular weight is 1890 g/mol. The van der Waals surface area contributed by atoms with Crippen molar-refractivity contribution in [3.05, 3.63) is 203 Å². The highest BCUT2D eigenvalue weighted by Gasteiger charge is 2.38. The maximum Gasteiger partial charge on any atom is 0.324 e. The number of ether oxygens (including phenoxy) is 6. The molecular formula is C98H124N8O30. The largest absolute Gasteiger partial charge is 0.508 e. The number of Topliss-reactive ketones (excluding diaryl/α,β-unsaturated/α-hetero) is 6. The van der Waals surface area contributed by atoms with Crippen LogP contribution in [0.15, 0.2) is 170 Å². The van der Waals surface area contributed by atoms with Gasteiger partial charge >= 0.3 is 29.8 Å². The summed E-state index contributed by atoms with van der Waals surface area (Å²) in [4.78, 5) is 242. The number of hydrogen-bond donors (Lipinski definition) is 13. The lowest BCUT2D eigenvalue weighted by Gasteiger charge is -2.26. The number of phenolic OH excluding ortho intramolecular Hbond substituents is 2. The van der Waals surface area contributed by atoms with Gasteiger partial charge in [0.05, 0.1) is 75.5 Å². The summed E-state index contributed by atoms with van der Waals surface area (Å²) < 4.78 is 31.8. The Morgan fingerprint density at radius 2 is 0.625 bits per heavy atom. The van der Waals surface area contributed by atoms with Crippen LogP contribution >= 0.6 is 0 Å². The fourth-order valence-corrected chi connectivity index (χ4v) is 14.2. The SMILES string of the molecule is COCCOCCCC(=O)[C@@H](CCC(=O)NO)NC(=O)[C@H](CCC(=O)ON)CC(=O)[C@@H](Cc1ccccc1)NC(=O)[C@@H](CC(=O)[C@H](CC(=O)O)NC(C)=O)Cc1ccc(O)cc1.COCCOCCCC(=O)[C@@H](CCC(=O)OCc1ccccc1)NC(=O)[C@H](CCC(=O)OCc1ccccc1)CC(=O)[C@@H](Cc1ccccc1)NC(=O)[C@@H](CC(=O)[C@H](CC(=O)O)NC(C)=O)Cc1ccc(O)cc1. The summed E-state index contributed by atoms with van der Waals surface area (Å²) in [7, 11) is 3.03. The van der Waals surface area contributed by atoms with Gasteiger partial charge in [-0.2, -0.15) is 5.90 Å². The first-order valence-electron chi connectivity index (χ1n) is 44.5. The first kappa shape index (κ1) is 113. The van der Waals surface area contributed by atoms with Gasteiger partial charge in [0.1, 0.15) is 24.7 Å². The summed E-state index contributed by atoms with van der Waals surface area (Å²) in [6.07, 6.45) is -5.94. The molecule has 38 heteroatoms. The molecule has 0 saturated carbocycles. The molecule has 0 unspecified atom stereocenters. The summed E-state index contributed by atoms with van der Waals surface area (Å²) in [6, 6.07) is 38.6. The Morgan fingerprint density at radius 3 is 0.963 bits per heavy atom. The molecule has 736 valence electrons. The van der Waals surface area contributed by atoms with Crippen LogP contribution in [0.25, 0.3) is 0 Å². The van der Waals surface area contributed by atoms with Crippen LogP contribution in [0, 0.1) is 23.7 Å².